The summed E-state index contributed by atoms with van der Waals surface area (Å²) in [7, 11) is 0. The van der Waals surface area contributed by atoms with Crippen LogP contribution in [0.25, 0.3) is 0 Å². The molecule has 0 aromatic heterocycles. The van der Waals surface area contributed by atoms with Gasteiger partial charge in [-0.2, -0.15) is 0 Å². The lowest BCUT2D eigenvalue weighted by Crippen LogP contribution is -2.08. The highest BCUT2D eigenvalue weighted by Crippen LogP contribution is 2.26. The minimum absolute atomic E-state index is 0.0466. The van der Waals surface area contributed by atoms with Crippen LogP contribution in [0, 0.1) is 18.6 Å². The number of aryl methyl sites for hydroxylation is 1. The van der Waals surface area contributed by atoms with Crippen LogP contribution in [0.3, 0.4) is 0 Å². The molecule has 0 spiro atoms. The quantitative estimate of drug-likeness (QED) is 0.695. The van der Waals surface area contributed by atoms with E-state index in [-0.39, 0.29) is 17.6 Å². The van der Waals surface area contributed by atoms with E-state index in [9.17, 15) is 8.78 Å². The number of halogens is 3. The standard InChI is InChI=1S/C16H15BrF2/c1-11-8-14(18)7-6-12(11)9-13(10-17)15-4-2-3-5-16(15)19/h2-8,13H,9-10H2,1H3. The third-order valence-corrected chi connectivity index (χ3v) is 4.08. The van der Waals surface area contributed by atoms with Crippen LogP contribution in [-0.2, 0) is 6.42 Å². The van der Waals surface area contributed by atoms with Crippen LogP contribution in [-0.4, -0.2) is 5.33 Å². The molecule has 0 heterocycles. The number of hydrogen-bond acceptors (Lipinski definition) is 0. The van der Waals surface area contributed by atoms with E-state index in [0.29, 0.717) is 17.3 Å². The van der Waals surface area contributed by atoms with Crippen molar-refractivity contribution in [1.82, 2.24) is 0 Å². The highest BCUT2D eigenvalue weighted by molar-refractivity contribution is 9.09. The minimum atomic E-state index is -0.234. The summed E-state index contributed by atoms with van der Waals surface area (Å²) >= 11 is 3.44. The molecule has 0 fully saturated rings. The molecule has 3 heteroatoms. The van der Waals surface area contributed by atoms with Crippen LogP contribution < -0.4 is 0 Å². The lowest BCUT2D eigenvalue weighted by atomic mass is 9.91. The van der Waals surface area contributed by atoms with Crippen molar-refractivity contribution in [2.45, 2.75) is 19.3 Å². The van der Waals surface area contributed by atoms with E-state index < -0.39 is 0 Å². The number of rotatable bonds is 4. The average Bonchev–Trinajstić information content (AvgIpc) is 2.39. The van der Waals surface area contributed by atoms with Gasteiger partial charge in [-0.05, 0) is 48.2 Å². The van der Waals surface area contributed by atoms with Gasteiger partial charge in [-0.3, -0.25) is 0 Å². The van der Waals surface area contributed by atoms with Gasteiger partial charge in [0.05, 0.1) is 0 Å². The lowest BCUT2D eigenvalue weighted by molar-refractivity contribution is 0.589. The van der Waals surface area contributed by atoms with E-state index in [1.54, 1.807) is 18.2 Å². The van der Waals surface area contributed by atoms with Crippen molar-refractivity contribution >= 4 is 15.9 Å². The normalized spacial score (nSPS) is 12.4. The fourth-order valence-corrected chi connectivity index (χ4v) is 2.79. The first-order valence-electron chi connectivity index (χ1n) is 6.17. The van der Waals surface area contributed by atoms with Crippen molar-refractivity contribution < 1.29 is 8.78 Å². The SMILES string of the molecule is Cc1cc(F)ccc1CC(CBr)c1ccccc1F. The predicted octanol–water partition coefficient (Wildman–Crippen LogP) is 4.99. The molecule has 0 nitrogen and oxygen atoms in total. The summed E-state index contributed by atoms with van der Waals surface area (Å²) in [5.41, 5.74) is 2.65. The van der Waals surface area contributed by atoms with Crippen molar-refractivity contribution in [2.24, 2.45) is 0 Å². The molecular formula is C16H15BrF2. The molecule has 0 saturated carbocycles. The highest BCUT2D eigenvalue weighted by Gasteiger charge is 2.16. The Labute approximate surface area is 120 Å². The second-order valence-corrected chi connectivity index (χ2v) is 5.30. The molecule has 0 aliphatic rings. The summed E-state index contributed by atoms with van der Waals surface area (Å²) in [6.45, 7) is 1.88. The average molecular weight is 325 g/mol. The second-order valence-electron chi connectivity index (χ2n) is 4.65. The summed E-state index contributed by atoms with van der Waals surface area (Å²) < 4.78 is 26.9. The first-order chi connectivity index (χ1) is 9.11. The maximum absolute atomic E-state index is 13.8. The van der Waals surface area contributed by atoms with Crippen molar-refractivity contribution in [3.63, 3.8) is 0 Å². The number of benzene rings is 2. The van der Waals surface area contributed by atoms with Gasteiger partial charge in [-0.15, -0.1) is 0 Å². The van der Waals surface area contributed by atoms with Gasteiger partial charge in [-0.25, -0.2) is 8.78 Å². The molecule has 0 radical (unpaired) electrons. The Kier molecular flexibility index (Phi) is 4.70. The van der Waals surface area contributed by atoms with E-state index in [2.05, 4.69) is 15.9 Å². The Bertz CT molecular complexity index is 566. The molecule has 0 saturated heterocycles. The third-order valence-electron chi connectivity index (χ3n) is 3.30. The molecule has 2 aromatic rings. The molecule has 0 aliphatic heterocycles. The topological polar surface area (TPSA) is 0 Å². The van der Waals surface area contributed by atoms with Gasteiger partial charge in [0.1, 0.15) is 11.6 Å². The molecule has 1 atom stereocenters. The molecule has 2 rings (SSSR count). The lowest BCUT2D eigenvalue weighted by Gasteiger charge is -2.17. The molecule has 0 amide bonds. The van der Waals surface area contributed by atoms with Gasteiger partial charge in [-0.1, -0.05) is 40.2 Å². The smallest absolute Gasteiger partial charge is 0.126 e. The summed E-state index contributed by atoms with van der Waals surface area (Å²) in [6, 6.07) is 11.6. The van der Waals surface area contributed by atoms with Gasteiger partial charge in [0.15, 0.2) is 0 Å². The second kappa shape index (κ2) is 6.29. The third kappa shape index (κ3) is 3.41. The van der Waals surface area contributed by atoms with Crippen LogP contribution in [0.1, 0.15) is 22.6 Å². The molecule has 0 N–H and O–H groups in total. The molecular weight excluding hydrogens is 310 g/mol. The summed E-state index contributed by atoms with van der Waals surface area (Å²) in [4.78, 5) is 0. The van der Waals surface area contributed by atoms with Gasteiger partial charge in [0, 0.05) is 11.2 Å². The highest BCUT2D eigenvalue weighted by atomic mass is 79.9. The maximum atomic E-state index is 13.8. The van der Waals surface area contributed by atoms with Gasteiger partial charge in [0.2, 0.25) is 0 Å². The zero-order valence-electron chi connectivity index (χ0n) is 10.7. The number of alkyl halides is 1. The Balaban J connectivity index is 2.27. The molecule has 19 heavy (non-hydrogen) atoms. The van der Waals surface area contributed by atoms with Crippen LogP contribution in [0.15, 0.2) is 42.5 Å². The fourth-order valence-electron chi connectivity index (χ4n) is 2.21. The zero-order chi connectivity index (χ0) is 13.8. The van der Waals surface area contributed by atoms with Crippen molar-refractivity contribution in [3.05, 3.63) is 70.8 Å². The van der Waals surface area contributed by atoms with Crippen LogP contribution in [0.2, 0.25) is 0 Å². The Morgan fingerprint density at radius 1 is 1.11 bits per heavy atom. The van der Waals surface area contributed by atoms with Gasteiger partial charge < -0.3 is 0 Å². The van der Waals surface area contributed by atoms with E-state index in [1.165, 1.54) is 18.2 Å². The molecule has 100 valence electrons. The Morgan fingerprint density at radius 2 is 1.84 bits per heavy atom. The zero-order valence-corrected chi connectivity index (χ0v) is 12.3. The van der Waals surface area contributed by atoms with E-state index in [0.717, 1.165) is 11.1 Å². The fraction of sp³-hybridized carbons (Fsp3) is 0.250. The van der Waals surface area contributed by atoms with E-state index in [1.807, 2.05) is 13.0 Å². The van der Waals surface area contributed by atoms with E-state index >= 15 is 0 Å². The summed E-state index contributed by atoms with van der Waals surface area (Å²) in [6.07, 6.45) is 0.693. The predicted molar refractivity (Wildman–Crippen MR) is 77.8 cm³/mol. The Hall–Kier alpha value is -1.22. The van der Waals surface area contributed by atoms with E-state index in [4.69, 9.17) is 0 Å². The number of hydrogen-bond donors (Lipinski definition) is 0. The maximum Gasteiger partial charge on any atom is 0.126 e. The Morgan fingerprint density at radius 3 is 2.47 bits per heavy atom. The summed E-state index contributed by atoms with van der Waals surface area (Å²) in [5.74, 6) is -0.375. The molecule has 0 aliphatic carbocycles. The van der Waals surface area contributed by atoms with Gasteiger partial charge >= 0.3 is 0 Å². The summed E-state index contributed by atoms with van der Waals surface area (Å²) in [5, 5.41) is 0.671. The largest absolute Gasteiger partial charge is 0.207 e. The van der Waals surface area contributed by atoms with Crippen molar-refractivity contribution in [3.8, 4) is 0 Å². The molecule has 0 bridgehead atoms. The van der Waals surface area contributed by atoms with Crippen LogP contribution in [0.5, 0.6) is 0 Å². The van der Waals surface area contributed by atoms with Crippen LogP contribution >= 0.6 is 15.9 Å². The van der Waals surface area contributed by atoms with Crippen LogP contribution in [0.4, 0.5) is 8.78 Å². The minimum Gasteiger partial charge on any atom is -0.207 e. The van der Waals surface area contributed by atoms with Gasteiger partial charge in [0.25, 0.3) is 0 Å². The molecule has 1 unspecified atom stereocenters. The molecule has 2 aromatic carbocycles. The van der Waals surface area contributed by atoms with Crippen molar-refractivity contribution in [2.75, 3.05) is 5.33 Å². The van der Waals surface area contributed by atoms with Crippen molar-refractivity contribution in [1.29, 1.82) is 0 Å². The first kappa shape index (κ1) is 14.2. The monoisotopic (exact) mass is 324 g/mol. The first-order valence-corrected chi connectivity index (χ1v) is 7.29.